The SMILES string of the molecule is CC(C)CCCC(=O)Cc1sc2c(c1-c1nc(C3=CCNCC3)cs1)CCNC2. The summed E-state index contributed by atoms with van der Waals surface area (Å²) in [6.07, 6.45) is 7.72. The molecule has 2 aliphatic heterocycles. The van der Waals surface area contributed by atoms with E-state index in [1.807, 2.05) is 11.3 Å². The molecule has 2 N–H and O–H groups in total. The molecule has 2 aromatic heterocycles. The molecule has 0 aliphatic carbocycles. The van der Waals surface area contributed by atoms with Gasteiger partial charge in [0.15, 0.2) is 0 Å². The van der Waals surface area contributed by atoms with Crippen molar-refractivity contribution in [3.8, 4) is 10.6 Å². The molecule has 2 aliphatic rings. The Labute approximate surface area is 181 Å². The molecule has 4 heterocycles. The first kappa shape index (κ1) is 20.9. The first-order valence-corrected chi connectivity index (χ1v) is 12.5. The molecule has 4 rings (SSSR count). The van der Waals surface area contributed by atoms with Crippen LogP contribution < -0.4 is 10.6 Å². The predicted octanol–water partition coefficient (Wildman–Crippen LogP) is 4.83. The van der Waals surface area contributed by atoms with Gasteiger partial charge >= 0.3 is 0 Å². The van der Waals surface area contributed by atoms with Gasteiger partial charge in [0, 0.05) is 46.6 Å². The second kappa shape index (κ2) is 9.65. The van der Waals surface area contributed by atoms with Crippen LogP contribution in [0.15, 0.2) is 11.5 Å². The lowest BCUT2D eigenvalue weighted by molar-refractivity contribution is -0.118. The van der Waals surface area contributed by atoms with Crippen LogP contribution >= 0.6 is 22.7 Å². The summed E-state index contributed by atoms with van der Waals surface area (Å²) in [5, 5.41) is 10.2. The number of nitrogens with one attached hydrogen (secondary N) is 2. The van der Waals surface area contributed by atoms with Crippen LogP contribution in [0.1, 0.15) is 60.5 Å². The lowest BCUT2D eigenvalue weighted by atomic mass is 9.99. The number of ketones is 1. The number of aromatic nitrogens is 1. The Bertz CT molecular complexity index is 894. The Kier molecular flexibility index (Phi) is 6.96. The van der Waals surface area contributed by atoms with Gasteiger partial charge in [0.25, 0.3) is 0 Å². The average Bonchev–Trinajstić information content (AvgIpc) is 3.32. The highest BCUT2D eigenvalue weighted by Crippen LogP contribution is 2.41. The number of rotatable bonds is 8. The molecule has 0 spiro atoms. The van der Waals surface area contributed by atoms with Gasteiger partial charge in [-0.15, -0.1) is 22.7 Å². The number of carbonyl (C=O) groups is 1. The molecular formula is C23H31N3OS2. The molecule has 29 heavy (non-hydrogen) atoms. The van der Waals surface area contributed by atoms with E-state index in [1.165, 1.54) is 26.5 Å². The van der Waals surface area contributed by atoms with Crippen LogP contribution in [0, 0.1) is 5.92 Å². The second-order valence-electron chi connectivity index (χ2n) is 8.45. The maximum Gasteiger partial charge on any atom is 0.138 e. The minimum absolute atomic E-state index is 0.372. The summed E-state index contributed by atoms with van der Waals surface area (Å²) < 4.78 is 0. The Morgan fingerprint density at radius 3 is 2.90 bits per heavy atom. The van der Waals surface area contributed by atoms with E-state index >= 15 is 0 Å². The highest BCUT2D eigenvalue weighted by molar-refractivity contribution is 7.15. The largest absolute Gasteiger partial charge is 0.313 e. The minimum Gasteiger partial charge on any atom is -0.313 e. The van der Waals surface area contributed by atoms with Gasteiger partial charge in [0.2, 0.25) is 0 Å². The number of nitrogens with zero attached hydrogens (tertiary/aromatic N) is 1. The summed E-state index contributed by atoms with van der Waals surface area (Å²) >= 11 is 3.57. The van der Waals surface area contributed by atoms with Gasteiger partial charge in [0.1, 0.15) is 10.8 Å². The fourth-order valence-corrected chi connectivity index (χ4v) is 6.49. The van der Waals surface area contributed by atoms with Crippen LogP contribution in [0.2, 0.25) is 0 Å². The Balaban J connectivity index is 1.59. The van der Waals surface area contributed by atoms with Gasteiger partial charge in [0.05, 0.1) is 5.69 Å². The molecule has 0 fully saturated rings. The van der Waals surface area contributed by atoms with Gasteiger partial charge in [-0.2, -0.15) is 0 Å². The summed E-state index contributed by atoms with van der Waals surface area (Å²) in [5.41, 5.74) is 5.17. The third kappa shape index (κ3) is 5.05. The maximum absolute atomic E-state index is 12.7. The lowest BCUT2D eigenvalue weighted by Gasteiger charge is -2.14. The standard InChI is InChI=1S/C23H31N3OS2/c1-15(2)4-3-5-17(27)12-20-22(18-8-11-25-13-21(18)29-20)23-26-19(14-28-23)16-6-9-24-10-7-16/h6,14-15,24-25H,3-5,7-13H2,1-2H3. The van der Waals surface area contributed by atoms with E-state index in [0.717, 1.165) is 62.6 Å². The zero-order valence-corrected chi connectivity index (χ0v) is 19.1. The number of hydrogen-bond acceptors (Lipinski definition) is 6. The molecule has 4 nitrogen and oxygen atoms in total. The molecule has 0 radical (unpaired) electrons. The summed E-state index contributed by atoms with van der Waals surface area (Å²) in [7, 11) is 0. The maximum atomic E-state index is 12.7. The monoisotopic (exact) mass is 429 g/mol. The lowest BCUT2D eigenvalue weighted by Crippen LogP contribution is -2.22. The molecule has 156 valence electrons. The first-order chi connectivity index (χ1) is 14.1. The van der Waals surface area contributed by atoms with Crippen LogP contribution in [0.3, 0.4) is 0 Å². The second-order valence-corrected chi connectivity index (χ2v) is 10.5. The smallest absolute Gasteiger partial charge is 0.138 e. The third-order valence-corrected chi connectivity index (χ3v) is 7.80. The quantitative estimate of drug-likeness (QED) is 0.631. The van der Waals surface area contributed by atoms with E-state index in [0.29, 0.717) is 24.5 Å². The van der Waals surface area contributed by atoms with E-state index in [1.54, 1.807) is 11.3 Å². The molecule has 0 unspecified atom stereocenters. The number of thiophene rings is 1. The zero-order valence-electron chi connectivity index (χ0n) is 17.5. The summed E-state index contributed by atoms with van der Waals surface area (Å²) in [5.74, 6) is 1.04. The van der Waals surface area contributed by atoms with Crippen molar-refractivity contribution in [1.29, 1.82) is 0 Å². The minimum atomic E-state index is 0.372. The zero-order chi connectivity index (χ0) is 20.2. The van der Waals surface area contributed by atoms with Crippen molar-refractivity contribution >= 4 is 34.0 Å². The topological polar surface area (TPSA) is 54.0 Å². The predicted molar refractivity (Wildman–Crippen MR) is 124 cm³/mol. The number of thiazole rings is 1. The van der Waals surface area contributed by atoms with Crippen molar-refractivity contribution in [2.24, 2.45) is 5.92 Å². The molecule has 0 saturated heterocycles. The van der Waals surface area contributed by atoms with Crippen molar-refractivity contribution in [2.45, 2.75) is 58.9 Å². The Hall–Kier alpha value is -1.34. The van der Waals surface area contributed by atoms with Crippen LogP contribution in [0.25, 0.3) is 16.1 Å². The van der Waals surface area contributed by atoms with Crippen molar-refractivity contribution in [3.63, 3.8) is 0 Å². The van der Waals surface area contributed by atoms with Crippen molar-refractivity contribution < 1.29 is 4.79 Å². The van der Waals surface area contributed by atoms with Gasteiger partial charge in [-0.3, -0.25) is 4.79 Å². The normalized spacial score (nSPS) is 16.7. The average molecular weight is 430 g/mol. The number of carbonyl (C=O) groups excluding carboxylic acids is 1. The molecule has 0 saturated carbocycles. The molecule has 6 heteroatoms. The van der Waals surface area contributed by atoms with E-state index in [-0.39, 0.29) is 0 Å². The van der Waals surface area contributed by atoms with Crippen LogP contribution in [-0.2, 0) is 24.2 Å². The van der Waals surface area contributed by atoms with E-state index < -0.39 is 0 Å². The molecule has 0 aromatic carbocycles. The van der Waals surface area contributed by atoms with Gasteiger partial charge in [-0.1, -0.05) is 26.3 Å². The summed E-state index contributed by atoms with van der Waals surface area (Å²) in [6, 6.07) is 0. The van der Waals surface area contributed by atoms with Crippen LogP contribution in [-0.4, -0.2) is 30.4 Å². The number of fused-ring (bicyclic) bond motifs is 1. The fourth-order valence-electron chi connectivity index (χ4n) is 4.13. The van der Waals surface area contributed by atoms with E-state index in [2.05, 4.69) is 35.9 Å². The first-order valence-electron chi connectivity index (χ1n) is 10.8. The van der Waals surface area contributed by atoms with Crippen LogP contribution in [0.4, 0.5) is 0 Å². The number of hydrogen-bond donors (Lipinski definition) is 2. The van der Waals surface area contributed by atoms with Crippen molar-refractivity contribution in [1.82, 2.24) is 15.6 Å². The van der Waals surface area contributed by atoms with Crippen molar-refractivity contribution in [2.75, 3.05) is 19.6 Å². The highest BCUT2D eigenvalue weighted by atomic mass is 32.1. The Morgan fingerprint density at radius 2 is 2.10 bits per heavy atom. The van der Waals surface area contributed by atoms with E-state index in [9.17, 15) is 4.79 Å². The van der Waals surface area contributed by atoms with Gasteiger partial charge < -0.3 is 10.6 Å². The fraction of sp³-hybridized carbons (Fsp3) is 0.565. The number of Topliss-reactive ketones (excluding diaryl/α,β-unsaturated/α-hetero) is 1. The van der Waals surface area contributed by atoms with Crippen LogP contribution in [0.5, 0.6) is 0 Å². The Morgan fingerprint density at radius 1 is 1.24 bits per heavy atom. The third-order valence-electron chi connectivity index (χ3n) is 5.71. The molecule has 0 atom stereocenters. The van der Waals surface area contributed by atoms with Crippen molar-refractivity contribution in [3.05, 3.63) is 32.5 Å². The highest BCUT2D eigenvalue weighted by Gasteiger charge is 2.25. The van der Waals surface area contributed by atoms with Gasteiger partial charge in [-0.25, -0.2) is 4.98 Å². The van der Waals surface area contributed by atoms with E-state index in [4.69, 9.17) is 4.98 Å². The molecule has 0 bridgehead atoms. The summed E-state index contributed by atoms with van der Waals surface area (Å²) in [4.78, 5) is 20.4. The molecule has 0 amide bonds. The van der Waals surface area contributed by atoms with Gasteiger partial charge in [-0.05, 0) is 49.4 Å². The molecular weight excluding hydrogens is 398 g/mol. The summed E-state index contributed by atoms with van der Waals surface area (Å²) in [6.45, 7) is 8.32. The molecule has 2 aromatic rings.